The van der Waals surface area contributed by atoms with E-state index in [-0.39, 0.29) is 11.9 Å². The fourth-order valence-corrected chi connectivity index (χ4v) is 3.88. The van der Waals surface area contributed by atoms with Crippen molar-refractivity contribution in [3.8, 4) is 22.8 Å². The number of nitrogens with zero attached hydrogens (tertiary/aromatic N) is 1. The van der Waals surface area contributed by atoms with Crippen LogP contribution < -0.4 is 9.47 Å². The minimum absolute atomic E-state index is 0.240. The monoisotopic (exact) mass is 437 g/mol. The van der Waals surface area contributed by atoms with Crippen molar-refractivity contribution in [2.45, 2.75) is 32.0 Å². The molecule has 6 nitrogen and oxygen atoms in total. The van der Waals surface area contributed by atoms with E-state index < -0.39 is 18.0 Å². The molecule has 0 saturated heterocycles. The smallest absolute Gasteiger partial charge is 0.309 e. The Balaban J connectivity index is 1.47. The Hall–Kier alpha value is -3.45. The lowest BCUT2D eigenvalue weighted by molar-refractivity contribution is -0.145. The van der Waals surface area contributed by atoms with Crippen LogP contribution in [0.2, 0.25) is 0 Å². The standard InChI is InChI=1S/C25H24FNO5/c1-14(25(29)30)24(28)19-6-5-18-10-20(32-22(18)12-19)9-17-4-3-15(11-21(17)26)16-7-8-27-23(13-16)31-2/h3-8,11-14,20,24,28H,9-10H2,1-2H3,(H,29,30)/t14-,20?,24+/m0/s1. The number of ether oxygens (including phenoxy) is 2. The Morgan fingerprint density at radius 2 is 2.00 bits per heavy atom. The van der Waals surface area contributed by atoms with Crippen molar-refractivity contribution in [2.24, 2.45) is 5.92 Å². The largest absolute Gasteiger partial charge is 0.489 e. The lowest BCUT2D eigenvalue weighted by Crippen LogP contribution is -2.18. The molecular formula is C25H24FNO5. The minimum atomic E-state index is -1.13. The van der Waals surface area contributed by atoms with Crippen LogP contribution in [0.15, 0.2) is 54.7 Å². The van der Waals surface area contributed by atoms with Gasteiger partial charge in [0.2, 0.25) is 5.88 Å². The van der Waals surface area contributed by atoms with Crippen molar-refractivity contribution >= 4 is 5.97 Å². The van der Waals surface area contributed by atoms with Crippen LogP contribution in [-0.4, -0.2) is 34.4 Å². The maximum absolute atomic E-state index is 14.8. The van der Waals surface area contributed by atoms with Gasteiger partial charge in [0.15, 0.2) is 0 Å². The predicted octanol–water partition coefficient (Wildman–Crippen LogP) is 4.20. The third-order valence-corrected chi connectivity index (χ3v) is 5.82. The number of pyridine rings is 1. The van der Waals surface area contributed by atoms with Crippen LogP contribution in [0.5, 0.6) is 11.6 Å². The van der Waals surface area contributed by atoms with Crippen molar-refractivity contribution in [3.63, 3.8) is 0 Å². The zero-order valence-corrected chi connectivity index (χ0v) is 17.8. The molecule has 7 heteroatoms. The molecule has 1 aromatic heterocycles. The number of aliphatic hydroxyl groups is 1. The van der Waals surface area contributed by atoms with Crippen molar-refractivity contribution in [2.75, 3.05) is 7.11 Å². The van der Waals surface area contributed by atoms with Gasteiger partial charge >= 0.3 is 5.97 Å². The Bertz CT molecular complexity index is 1150. The first-order valence-electron chi connectivity index (χ1n) is 10.3. The maximum atomic E-state index is 14.8. The van der Waals surface area contributed by atoms with Gasteiger partial charge < -0.3 is 19.7 Å². The van der Waals surface area contributed by atoms with Crippen molar-refractivity contribution in [3.05, 3.63) is 77.2 Å². The fourth-order valence-electron chi connectivity index (χ4n) is 3.88. The van der Waals surface area contributed by atoms with Gasteiger partial charge in [-0.25, -0.2) is 9.37 Å². The number of rotatable bonds is 7. The Kier molecular flexibility index (Phi) is 6.10. The molecule has 0 amide bonds. The van der Waals surface area contributed by atoms with Gasteiger partial charge in [-0.3, -0.25) is 4.79 Å². The highest BCUT2D eigenvalue weighted by molar-refractivity contribution is 5.70. The summed E-state index contributed by atoms with van der Waals surface area (Å²) in [6, 6.07) is 13.9. The molecular weight excluding hydrogens is 413 g/mol. The summed E-state index contributed by atoms with van der Waals surface area (Å²) >= 11 is 0. The van der Waals surface area contributed by atoms with Crippen molar-refractivity contribution in [1.29, 1.82) is 0 Å². The van der Waals surface area contributed by atoms with Crippen LogP contribution in [0.25, 0.3) is 11.1 Å². The van der Waals surface area contributed by atoms with E-state index in [0.29, 0.717) is 35.6 Å². The summed E-state index contributed by atoms with van der Waals surface area (Å²) in [4.78, 5) is 15.2. The average molecular weight is 437 g/mol. The molecule has 0 bridgehead atoms. The average Bonchev–Trinajstić information content (AvgIpc) is 3.20. The number of aromatic nitrogens is 1. The molecule has 166 valence electrons. The number of hydrogen-bond donors (Lipinski definition) is 2. The number of aliphatic hydroxyl groups excluding tert-OH is 1. The van der Waals surface area contributed by atoms with Crippen LogP contribution in [0.3, 0.4) is 0 Å². The van der Waals surface area contributed by atoms with E-state index in [4.69, 9.17) is 14.6 Å². The lowest BCUT2D eigenvalue weighted by atomic mass is 9.95. The molecule has 2 N–H and O–H groups in total. The van der Waals surface area contributed by atoms with E-state index in [0.717, 1.165) is 16.7 Å². The fraction of sp³-hybridized carbons (Fsp3) is 0.280. The van der Waals surface area contributed by atoms with Crippen molar-refractivity contribution < 1.29 is 28.9 Å². The van der Waals surface area contributed by atoms with Crippen LogP contribution in [0.4, 0.5) is 4.39 Å². The molecule has 1 aliphatic heterocycles. The van der Waals surface area contributed by atoms with Gasteiger partial charge in [0.05, 0.1) is 19.1 Å². The summed E-state index contributed by atoms with van der Waals surface area (Å²) in [5.74, 6) is -1.25. The Morgan fingerprint density at radius 1 is 1.22 bits per heavy atom. The molecule has 1 unspecified atom stereocenters. The van der Waals surface area contributed by atoms with Gasteiger partial charge in [0, 0.05) is 25.1 Å². The summed E-state index contributed by atoms with van der Waals surface area (Å²) in [5.41, 5.74) is 3.53. The molecule has 32 heavy (non-hydrogen) atoms. The summed E-state index contributed by atoms with van der Waals surface area (Å²) < 4.78 is 26.0. The number of halogens is 1. The highest BCUT2D eigenvalue weighted by Crippen LogP contribution is 2.35. The number of fused-ring (bicyclic) bond motifs is 1. The first-order chi connectivity index (χ1) is 15.4. The first kappa shape index (κ1) is 21.8. The third-order valence-electron chi connectivity index (χ3n) is 5.82. The normalized spacial score (nSPS) is 16.7. The quantitative estimate of drug-likeness (QED) is 0.576. The topological polar surface area (TPSA) is 88.9 Å². The summed E-state index contributed by atoms with van der Waals surface area (Å²) in [6.07, 6.45) is 1.26. The second-order valence-electron chi connectivity index (χ2n) is 7.98. The highest BCUT2D eigenvalue weighted by Gasteiger charge is 2.28. The molecule has 3 aromatic rings. The number of aliphatic carboxylic acids is 1. The van der Waals surface area contributed by atoms with Gasteiger partial charge in [-0.15, -0.1) is 0 Å². The van der Waals surface area contributed by atoms with Gasteiger partial charge in [0.25, 0.3) is 0 Å². The lowest BCUT2D eigenvalue weighted by Gasteiger charge is -2.16. The Labute approximate surface area is 185 Å². The molecule has 0 radical (unpaired) electrons. The molecule has 0 saturated carbocycles. The number of carbonyl (C=O) groups is 1. The first-order valence-corrected chi connectivity index (χ1v) is 10.3. The third kappa shape index (κ3) is 4.43. The van der Waals surface area contributed by atoms with Gasteiger partial charge in [-0.2, -0.15) is 0 Å². The van der Waals surface area contributed by atoms with E-state index in [1.165, 1.54) is 20.1 Å². The second kappa shape index (κ2) is 8.96. The summed E-state index contributed by atoms with van der Waals surface area (Å²) in [5, 5.41) is 19.4. The van der Waals surface area contributed by atoms with Gasteiger partial charge in [-0.1, -0.05) is 24.3 Å². The van der Waals surface area contributed by atoms with Crippen LogP contribution in [-0.2, 0) is 17.6 Å². The minimum Gasteiger partial charge on any atom is -0.489 e. The molecule has 2 heterocycles. The van der Waals surface area contributed by atoms with E-state index in [2.05, 4.69) is 4.98 Å². The van der Waals surface area contributed by atoms with E-state index in [9.17, 15) is 14.3 Å². The van der Waals surface area contributed by atoms with E-state index >= 15 is 0 Å². The highest BCUT2D eigenvalue weighted by atomic mass is 19.1. The maximum Gasteiger partial charge on any atom is 0.309 e. The van der Waals surface area contributed by atoms with E-state index in [1.54, 1.807) is 36.5 Å². The SMILES string of the molecule is COc1cc(-c2ccc(CC3Cc4ccc([C@H](O)[C@H](C)C(=O)O)cc4O3)c(F)c2)ccn1. The zero-order valence-electron chi connectivity index (χ0n) is 17.8. The van der Waals surface area contributed by atoms with Crippen LogP contribution in [0, 0.1) is 11.7 Å². The zero-order chi connectivity index (χ0) is 22.8. The molecule has 0 aliphatic carbocycles. The predicted molar refractivity (Wildman–Crippen MR) is 116 cm³/mol. The number of hydrogen-bond acceptors (Lipinski definition) is 5. The molecule has 2 aromatic carbocycles. The molecule has 4 rings (SSSR count). The van der Waals surface area contributed by atoms with Gasteiger partial charge in [0.1, 0.15) is 17.7 Å². The second-order valence-corrected chi connectivity index (χ2v) is 7.98. The summed E-state index contributed by atoms with van der Waals surface area (Å²) in [6.45, 7) is 1.46. The van der Waals surface area contributed by atoms with Crippen molar-refractivity contribution in [1.82, 2.24) is 4.98 Å². The molecule has 0 spiro atoms. The Morgan fingerprint density at radius 3 is 2.72 bits per heavy atom. The molecule has 3 atom stereocenters. The van der Waals surface area contributed by atoms with Gasteiger partial charge in [-0.05, 0) is 52.9 Å². The van der Waals surface area contributed by atoms with Crippen LogP contribution >= 0.6 is 0 Å². The van der Waals surface area contributed by atoms with E-state index in [1.807, 2.05) is 12.1 Å². The number of methoxy groups -OCH3 is 1. The van der Waals surface area contributed by atoms with Crippen LogP contribution in [0.1, 0.15) is 29.7 Å². The summed E-state index contributed by atoms with van der Waals surface area (Å²) in [7, 11) is 1.53. The number of carboxylic acids is 1. The molecule has 1 aliphatic rings. The molecule has 0 fully saturated rings. The number of benzene rings is 2. The number of carboxylic acid groups (broad SMARTS) is 1.